The highest BCUT2D eigenvalue weighted by Crippen LogP contribution is 2.26. The highest BCUT2D eigenvalue weighted by molar-refractivity contribution is 14.1. The smallest absolute Gasteiger partial charge is 0.331 e. The van der Waals surface area contributed by atoms with E-state index in [-0.39, 0.29) is 17.4 Å². The summed E-state index contributed by atoms with van der Waals surface area (Å²) in [5.41, 5.74) is 6.94. The summed E-state index contributed by atoms with van der Waals surface area (Å²) in [6.45, 7) is 11.0. The molecule has 0 unspecified atom stereocenters. The lowest BCUT2D eigenvalue weighted by Crippen LogP contribution is -2.59. The number of carboxylic acid groups (broad SMARTS) is 1. The third-order valence-corrected chi connectivity index (χ3v) is 7.39. The Balaban J connectivity index is 2.29. The molecular formula is C28H38IN3O4. The molecule has 8 heteroatoms. The quantitative estimate of drug-likeness (QED) is 0.290. The summed E-state index contributed by atoms with van der Waals surface area (Å²) in [6.07, 6.45) is 1.92. The van der Waals surface area contributed by atoms with Crippen molar-refractivity contribution in [3.8, 4) is 0 Å². The van der Waals surface area contributed by atoms with Gasteiger partial charge in [0.25, 0.3) is 0 Å². The predicted molar refractivity (Wildman–Crippen MR) is 153 cm³/mol. The number of hydrogen-bond donors (Lipinski definition) is 3. The number of nitrogens with two attached hydrogens (primary N) is 1. The molecule has 2 aromatic rings. The summed E-state index contributed by atoms with van der Waals surface area (Å²) >= 11 is 2.25. The molecule has 36 heavy (non-hydrogen) atoms. The van der Waals surface area contributed by atoms with Crippen molar-refractivity contribution in [1.82, 2.24) is 10.2 Å². The van der Waals surface area contributed by atoms with Gasteiger partial charge in [-0.25, -0.2) is 4.79 Å². The summed E-state index contributed by atoms with van der Waals surface area (Å²) in [5, 5.41) is 14.3. The van der Waals surface area contributed by atoms with Crippen LogP contribution in [0.25, 0.3) is 10.8 Å². The van der Waals surface area contributed by atoms with E-state index in [1.807, 2.05) is 71.0 Å². The van der Waals surface area contributed by atoms with E-state index in [1.165, 1.54) is 11.8 Å². The molecular weight excluding hydrogens is 569 g/mol. The van der Waals surface area contributed by atoms with Crippen LogP contribution in [-0.4, -0.2) is 53.0 Å². The molecule has 0 heterocycles. The molecule has 0 aliphatic heterocycles. The highest BCUT2D eigenvalue weighted by Gasteiger charge is 2.37. The predicted octanol–water partition coefficient (Wildman–Crippen LogP) is 4.36. The number of amides is 2. The molecule has 7 nitrogen and oxygen atoms in total. The second kappa shape index (κ2) is 12.2. The zero-order chi connectivity index (χ0) is 27.4. The Morgan fingerprint density at radius 2 is 1.75 bits per heavy atom. The van der Waals surface area contributed by atoms with Crippen LogP contribution in [0.2, 0.25) is 0 Å². The second-order valence-corrected chi connectivity index (χ2v) is 11.9. The van der Waals surface area contributed by atoms with Crippen molar-refractivity contribution in [2.24, 2.45) is 17.1 Å². The number of aliphatic carboxylic acids is 1. The topological polar surface area (TPSA) is 113 Å². The lowest BCUT2D eigenvalue weighted by molar-refractivity contribution is -0.140. The summed E-state index contributed by atoms with van der Waals surface area (Å²) in [5.74, 6) is -1.76. The first-order valence-electron chi connectivity index (χ1n) is 12.1. The van der Waals surface area contributed by atoms with E-state index in [2.05, 4.69) is 27.9 Å². The van der Waals surface area contributed by atoms with Gasteiger partial charge in [-0.3, -0.25) is 9.59 Å². The SMILES string of the molecule is CC(=C[C@H](C(C)C)N(C)C(=O)[C@@H](NC(=O)[C@@H](N)Cc1c(I)ccc2ccccc12)C(C)(C)C)C(=O)O. The number of hydrogen-bond acceptors (Lipinski definition) is 4. The Bertz CT molecular complexity index is 1150. The van der Waals surface area contributed by atoms with Crippen molar-refractivity contribution in [2.45, 2.75) is 66.1 Å². The van der Waals surface area contributed by atoms with E-state index in [9.17, 15) is 19.5 Å². The molecule has 2 rings (SSSR count). The number of halogens is 1. The molecule has 3 atom stereocenters. The average molecular weight is 608 g/mol. The lowest BCUT2D eigenvalue weighted by atomic mass is 9.84. The van der Waals surface area contributed by atoms with E-state index in [0.717, 1.165) is 19.9 Å². The monoisotopic (exact) mass is 607 g/mol. The Hall–Kier alpha value is -2.46. The first-order chi connectivity index (χ1) is 16.6. The van der Waals surface area contributed by atoms with Gasteiger partial charge in [-0.2, -0.15) is 0 Å². The molecule has 2 aromatic carbocycles. The van der Waals surface area contributed by atoms with Crippen molar-refractivity contribution < 1.29 is 19.5 Å². The number of fused-ring (bicyclic) bond motifs is 1. The van der Waals surface area contributed by atoms with Crippen LogP contribution in [0.3, 0.4) is 0 Å². The largest absolute Gasteiger partial charge is 0.478 e. The van der Waals surface area contributed by atoms with Crippen LogP contribution in [0.1, 0.15) is 47.1 Å². The van der Waals surface area contributed by atoms with Gasteiger partial charge in [0.2, 0.25) is 11.8 Å². The molecule has 0 saturated carbocycles. The summed E-state index contributed by atoms with van der Waals surface area (Å²) < 4.78 is 1.03. The Morgan fingerprint density at radius 3 is 2.31 bits per heavy atom. The van der Waals surface area contributed by atoms with Crippen LogP contribution in [0.4, 0.5) is 0 Å². The lowest BCUT2D eigenvalue weighted by Gasteiger charge is -2.37. The van der Waals surface area contributed by atoms with Crippen LogP contribution in [0, 0.1) is 14.9 Å². The number of nitrogens with one attached hydrogen (secondary N) is 1. The molecule has 0 aromatic heterocycles. The van der Waals surface area contributed by atoms with Crippen LogP contribution in [0.15, 0.2) is 48.0 Å². The first-order valence-corrected chi connectivity index (χ1v) is 13.1. The Kier molecular flexibility index (Phi) is 10.1. The van der Waals surface area contributed by atoms with Gasteiger partial charge in [-0.1, -0.05) is 71.0 Å². The molecule has 0 aliphatic carbocycles. The minimum absolute atomic E-state index is 0.0275. The normalized spacial score (nSPS) is 14.9. The van der Waals surface area contributed by atoms with Crippen LogP contribution in [0.5, 0.6) is 0 Å². The van der Waals surface area contributed by atoms with Crippen molar-refractivity contribution in [2.75, 3.05) is 7.05 Å². The minimum Gasteiger partial charge on any atom is -0.478 e. The minimum atomic E-state index is -1.03. The van der Waals surface area contributed by atoms with Crippen LogP contribution < -0.4 is 11.1 Å². The van der Waals surface area contributed by atoms with Crippen molar-refractivity contribution >= 4 is 51.1 Å². The number of carbonyl (C=O) groups is 3. The average Bonchev–Trinajstić information content (AvgIpc) is 2.80. The van der Waals surface area contributed by atoms with Crippen LogP contribution in [-0.2, 0) is 20.8 Å². The zero-order valence-corrected chi connectivity index (χ0v) is 24.3. The number of likely N-dealkylation sites (N-methyl/N-ethyl adjacent to an activating group) is 1. The maximum Gasteiger partial charge on any atom is 0.331 e. The number of carbonyl (C=O) groups excluding carboxylic acids is 2. The molecule has 0 saturated heterocycles. The van der Waals surface area contributed by atoms with Gasteiger partial charge in [0, 0.05) is 16.2 Å². The van der Waals surface area contributed by atoms with E-state index in [1.54, 1.807) is 13.1 Å². The molecule has 2 amide bonds. The third kappa shape index (κ3) is 7.29. The Labute approximate surface area is 227 Å². The second-order valence-electron chi connectivity index (χ2n) is 10.7. The standard InChI is InChI=1S/C28H38IN3O4/c1-16(2)23(14-17(3)27(35)36)32(7)26(34)24(28(4,5)6)31-25(33)22(30)15-20-19-11-9-8-10-18(19)12-13-21(20)29/h8-14,16,22-24H,15,30H2,1-7H3,(H,31,33)(H,35,36)/t22-,23+,24+/m0/s1. The van der Waals surface area contributed by atoms with Gasteiger partial charge in [0.15, 0.2) is 0 Å². The van der Waals surface area contributed by atoms with E-state index < -0.39 is 35.4 Å². The molecule has 196 valence electrons. The fraction of sp³-hybridized carbons (Fsp3) is 0.464. The molecule has 0 aliphatic rings. The van der Waals surface area contributed by atoms with Crippen molar-refractivity contribution in [3.63, 3.8) is 0 Å². The van der Waals surface area contributed by atoms with E-state index in [0.29, 0.717) is 6.42 Å². The van der Waals surface area contributed by atoms with Gasteiger partial charge in [0.1, 0.15) is 6.04 Å². The van der Waals surface area contributed by atoms with Gasteiger partial charge >= 0.3 is 5.97 Å². The molecule has 4 N–H and O–H groups in total. The fourth-order valence-corrected chi connectivity index (χ4v) is 4.85. The summed E-state index contributed by atoms with van der Waals surface area (Å²) in [4.78, 5) is 39.8. The molecule has 0 radical (unpaired) electrons. The molecule has 0 fully saturated rings. The zero-order valence-electron chi connectivity index (χ0n) is 22.1. The van der Waals surface area contributed by atoms with E-state index in [4.69, 9.17) is 5.73 Å². The Morgan fingerprint density at radius 1 is 1.14 bits per heavy atom. The first kappa shape index (κ1) is 29.8. The van der Waals surface area contributed by atoms with Crippen molar-refractivity contribution in [1.29, 1.82) is 0 Å². The number of benzene rings is 2. The van der Waals surface area contributed by atoms with E-state index >= 15 is 0 Å². The van der Waals surface area contributed by atoms with Crippen LogP contribution >= 0.6 is 22.6 Å². The number of rotatable bonds is 9. The maximum absolute atomic E-state index is 13.6. The molecule has 0 bridgehead atoms. The van der Waals surface area contributed by atoms with Gasteiger partial charge in [0.05, 0.1) is 12.1 Å². The van der Waals surface area contributed by atoms with Gasteiger partial charge < -0.3 is 21.1 Å². The number of carboxylic acids is 1. The number of nitrogens with zero attached hydrogens (tertiary/aromatic N) is 1. The highest BCUT2D eigenvalue weighted by atomic mass is 127. The summed E-state index contributed by atoms with van der Waals surface area (Å²) in [6, 6.07) is 9.90. The van der Waals surface area contributed by atoms with Crippen molar-refractivity contribution in [3.05, 3.63) is 57.2 Å². The third-order valence-electron chi connectivity index (χ3n) is 6.38. The molecule has 0 spiro atoms. The summed E-state index contributed by atoms with van der Waals surface area (Å²) in [7, 11) is 1.64. The van der Waals surface area contributed by atoms with Gasteiger partial charge in [-0.15, -0.1) is 0 Å². The fourth-order valence-electron chi connectivity index (χ4n) is 4.16. The van der Waals surface area contributed by atoms with Gasteiger partial charge in [-0.05, 0) is 69.7 Å². The maximum atomic E-state index is 13.6.